The summed E-state index contributed by atoms with van der Waals surface area (Å²) in [6, 6.07) is 0. The molecule has 0 saturated carbocycles. The Morgan fingerprint density at radius 3 is 1.08 bits per heavy atom. The third-order valence-electron chi connectivity index (χ3n) is 1.25. The Labute approximate surface area is 103 Å². The van der Waals surface area contributed by atoms with Crippen molar-refractivity contribution in [3.63, 3.8) is 0 Å². The molecule has 0 bridgehead atoms. The van der Waals surface area contributed by atoms with E-state index in [0.29, 0.717) is 19.6 Å². The van der Waals surface area contributed by atoms with Crippen molar-refractivity contribution in [1.82, 2.24) is 4.90 Å². The summed E-state index contributed by atoms with van der Waals surface area (Å²) in [5.41, 5.74) is 0. The molecule has 0 aliphatic rings. The van der Waals surface area contributed by atoms with E-state index < -0.39 is 0 Å². The van der Waals surface area contributed by atoms with Crippen LogP contribution in [0.25, 0.3) is 0 Å². The van der Waals surface area contributed by atoms with Crippen LogP contribution in [0.3, 0.4) is 0 Å². The molecule has 3 N–H and O–H groups in total. The van der Waals surface area contributed by atoms with Gasteiger partial charge in [-0.3, -0.25) is 4.90 Å². The summed E-state index contributed by atoms with van der Waals surface area (Å²) in [6.07, 6.45) is 0. The largest absolute Gasteiger partial charge is 0.395 e. The molecular weight excluding hydrogens is 230 g/mol. The molecule has 0 aromatic rings. The molecule has 6 heteroatoms. The van der Waals surface area contributed by atoms with E-state index in [1.165, 1.54) is 0 Å². The molecule has 0 aliphatic carbocycles. The van der Waals surface area contributed by atoms with Crippen LogP contribution in [0.4, 0.5) is 0 Å². The fourth-order valence-corrected chi connectivity index (χ4v) is 0.760. The molecule has 0 radical (unpaired) electrons. The molecule has 0 saturated heterocycles. The first-order valence-electron chi connectivity index (χ1n) is 3.40. The van der Waals surface area contributed by atoms with Crippen LogP contribution >= 0.6 is 0 Å². The molecular formula is C6H15NO3Ti2. The first kappa shape index (κ1) is 18.9. The third kappa shape index (κ3) is 11.3. The molecule has 0 aromatic heterocycles. The van der Waals surface area contributed by atoms with Gasteiger partial charge in [0, 0.05) is 63.1 Å². The molecule has 0 unspecified atom stereocenters. The maximum Gasteiger partial charge on any atom is 0.0558 e. The van der Waals surface area contributed by atoms with Gasteiger partial charge in [0.25, 0.3) is 0 Å². The Morgan fingerprint density at radius 2 is 0.917 bits per heavy atom. The number of nitrogens with zero attached hydrogens (tertiary/aromatic N) is 1. The standard InChI is InChI=1S/C6H15NO3.2Ti/c8-4-1-7(2-5-9)3-6-10;;/h8-10H,1-6H2;;. The fraction of sp³-hybridized carbons (Fsp3) is 1.00. The van der Waals surface area contributed by atoms with Gasteiger partial charge in [-0.25, -0.2) is 0 Å². The molecule has 0 amide bonds. The maximum absolute atomic E-state index is 8.48. The van der Waals surface area contributed by atoms with E-state index in [1.54, 1.807) is 4.90 Å². The topological polar surface area (TPSA) is 63.9 Å². The van der Waals surface area contributed by atoms with E-state index in [0.717, 1.165) is 0 Å². The van der Waals surface area contributed by atoms with Crippen molar-refractivity contribution in [1.29, 1.82) is 0 Å². The van der Waals surface area contributed by atoms with Gasteiger partial charge in [-0.15, -0.1) is 0 Å². The van der Waals surface area contributed by atoms with Crippen molar-refractivity contribution in [3.8, 4) is 0 Å². The minimum Gasteiger partial charge on any atom is -0.395 e. The molecule has 0 heterocycles. The van der Waals surface area contributed by atoms with E-state index in [1.807, 2.05) is 0 Å². The second-order valence-electron chi connectivity index (χ2n) is 2.01. The van der Waals surface area contributed by atoms with Crippen LogP contribution in [0.2, 0.25) is 0 Å². The number of hydrogen-bond acceptors (Lipinski definition) is 4. The minimum absolute atomic E-state index is 0. The molecule has 0 rings (SSSR count). The average molecular weight is 245 g/mol. The third-order valence-corrected chi connectivity index (χ3v) is 1.25. The molecule has 0 aromatic carbocycles. The average Bonchev–Trinajstić information content (AvgIpc) is 1.90. The molecule has 0 aliphatic heterocycles. The normalized spacial score (nSPS) is 9.00. The van der Waals surface area contributed by atoms with Crippen LogP contribution < -0.4 is 0 Å². The van der Waals surface area contributed by atoms with Gasteiger partial charge in [-0.1, -0.05) is 0 Å². The summed E-state index contributed by atoms with van der Waals surface area (Å²) in [6.45, 7) is 1.75. The second-order valence-corrected chi connectivity index (χ2v) is 2.01. The van der Waals surface area contributed by atoms with Crippen LogP contribution in [0.15, 0.2) is 0 Å². The zero-order valence-electron chi connectivity index (χ0n) is 7.03. The molecule has 12 heavy (non-hydrogen) atoms. The van der Waals surface area contributed by atoms with Gasteiger partial charge in [-0.2, -0.15) is 0 Å². The van der Waals surface area contributed by atoms with Gasteiger partial charge >= 0.3 is 0 Å². The van der Waals surface area contributed by atoms with Gasteiger partial charge < -0.3 is 15.3 Å². The Morgan fingerprint density at radius 1 is 0.667 bits per heavy atom. The van der Waals surface area contributed by atoms with Crippen LogP contribution in [-0.4, -0.2) is 59.7 Å². The zero-order valence-corrected chi connectivity index (χ0v) is 10.2. The Balaban J connectivity index is -0.000000405. The SMILES string of the molecule is OCCN(CCO)CCO.[Ti].[Ti]. The number of rotatable bonds is 6. The smallest absolute Gasteiger partial charge is 0.0558 e. The molecule has 0 atom stereocenters. The Hall–Kier alpha value is 1.27. The van der Waals surface area contributed by atoms with Gasteiger partial charge in [0.05, 0.1) is 19.8 Å². The summed E-state index contributed by atoms with van der Waals surface area (Å²) >= 11 is 0. The van der Waals surface area contributed by atoms with Crippen LogP contribution in [-0.2, 0) is 43.4 Å². The fourth-order valence-electron chi connectivity index (χ4n) is 0.760. The van der Waals surface area contributed by atoms with E-state index in [-0.39, 0.29) is 63.3 Å². The summed E-state index contributed by atoms with van der Waals surface area (Å²) < 4.78 is 0. The predicted octanol–water partition coefficient (Wildman–Crippen LogP) is -1.74. The number of aliphatic hydroxyl groups is 3. The molecule has 70 valence electrons. The molecule has 0 spiro atoms. The van der Waals surface area contributed by atoms with Gasteiger partial charge in [-0.05, 0) is 0 Å². The van der Waals surface area contributed by atoms with E-state index in [4.69, 9.17) is 15.3 Å². The Bertz CT molecular complexity index is 63.5. The summed E-state index contributed by atoms with van der Waals surface area (Å²) in [5.74, 6) is 0. The first-order chi connectivity index (χ1) is 4.85. The predicted molar refractivity (Wildman–Crippen MR) is 37.7 cm³/mol. The van der Waals surface area contributed by atoms with Crippen LogP contribution in [0.1, 0.15) is 0 Å². The first-order valence-corrected chi connectivity index (χ1v) is 3.40. The minimum atomic E-state index is 0. The van der Waals surface area contributed by atoms with Crippen molar-refractivity contribution >= 4 is 0 Å². The Kier molecular flexibility index (Phi) is 23.3. The number of hydrogen-bond donors (Lipinski definition) is 3. The van der Waals surface area contributed by atoms with Crippen molar-refractivity contribution in [2.75, 3.05) is 39.5 Å². The van der Waals surface area contributed by atoms with Crippen molar-refractivity contribution < 1.29 is 58.8 Å². The van der Waals surface area contributed by atoms with E-state index in [2.05, 4.69) is 0 Å². The summed E-state index contributed by atoms with van der Waals surface area (Å²) in [7, 11) is 0. The van der Waals surface area contributed by atoms with Crippen molar-refractivity contribution in [2.24, 2.45) is 0 Å². The van der Waals surface area contributed by atoms with Crippen LogP contribution in [0, 0.1) is 0 Å². The molecule has 0 fully saturated rings. The van der Waals surface area contributed by atoms with Gasteiger partial charge in [0.15, 0.2) is 0 Å². The van der Waals surface area contributed by atoms with Crippen LogP contribution in [0.5, 0.6) is 0 Å². The molecule has 4 nitrogen and oxygen atoms in total. The quantitative estimate of drug-likeness (QED) is 0.486. The van der Waals surface area contributed by atoms with E-state index in [9.17, 15) is 0 Å². The monoisotopic (exact) mass is 245 g/mol. The van der Waals surface area contributed by atoms with Crippen molar-refractivity contribution in [3.05, 3.63) is 0 Å². The van der Waals surface area contributed by atoms with E-state index >= 15 is 0 Å². The van der Waals surface area contributed by atoms with Gasteiger partial charge in [0.1, 0.15) is 0 Å². The second kappa shape index (κ2) is 14.8. The van der Waals surface area contributed by atoms with Crippen molar-refractivity contribution in [2.45, 2.75) is 0 Å². The number of aliphatic hydroxyl groups excluding tert-OH is 3. The maximum atomic E-state index is 8.48. The zero-order chi connectivity index (χ0) is 7.82. The van der Waals surface area contributed by atoms with Gasteiger partial charge in [0.2, 0.25) is 0 Å². The summed E-state index contributed by atoms with van der Waals surface area (Å²) in [5, 5.41) is 25.5. The summed E-state index contributed by atoms with van der Waals surface area (Å²) in [4.78, 5) is 1.79.